The molecule has 0 aliphatic rings. The van der Waals surface area contributed by atoms with Gasteiger partial charge in [-0.3, -0.25) is 4.79 Å². The molecule has 0 spiro atoms. The van der Waals surface area contributed by atoms with E-state index in [1.54, 1.807) is 0 Å². The second-order valence-electron chi connectivity index (χ2n) is 2.32. The lowest BCUT2D eigenvalue weighted by Crippen LogP contribution is -2.41. The third-order valence-electron chi connectivity index (χ3n) is 1.15. The summed E-state index contributed by atoms with van der Waals surface area (Å²) in [5, 5.41) is 10.3. The van der Waals surface area contributed by atoms with E-state index >= 15 is 0 Å². The van der Waals surface area contributed by atoms with Crippen LogP contribution in [0.25, 0.3) is 0 Å². The largest absolute Gasteiger partial charge is 0.480 e. The van der Waals surface area contributed by atoms with Crippen LogP contribution in [-0.4, -0.2) is 28.8 Å². The highest BCUT2D eigenvalue weighted by atomic mass is 79.9. The number of hydrogen-bond donors (Lipinski definition) is 2. The molecule has 0 rings (SSSR count). The molecule has 0 saturated heterocycles. The minimum absolute atomic E-state index is 0.0527. The molecular weight excluding hydrogens is 277 g/mol. The van der Waals surface area contributed by atoms with Crippen LogP contribution in [0.2, 0.25) is 0 Å². The molecule has 0 aromatic carbocycles. The van der Waals surface area contributed by atoms with Gasteiger partial charge in [0.1, 0.15) is 6.04 Å². The highest BCUT2D eigenvalue weighted by molar-refractivity contribution is 9.11. The van der Waals surface area contributed by atoms with Crippen LogP contribution in [0.4, 0.5) is 4.39 Å². The molecule has 0 aromatic heterocycles. The molecule has 2 N–H and O–H groups in total. The Bertz CT molecular complexity index is 259. The molecule has 0 fully saturated rings. The Kier molecular flexibility index (Phi) is 6.56. The number of carbonyl (C=O) groups is 2. The van der Waals surface area contributed by atoms with E-state index in [9.17, 15) is 14.0 Å². The predicted octanol–water partition coefficient (Wildman–Crippen LogP) is 1.47. The van der Waals surface area contributed by atoms with Crippen molar-refractivity contribution in [1.82, 2.24) is 5.32 Å². The Labute approximate surface area is 93.1 Å². The van der Waals surface area contributed by atoms with Gasteiger partial charge in [-0.05, 0) is 0 Å². The number of carboxylic acids is 1. The first-order valence-corrected chi connectivity index (χ1v) is 5.46. The first-order chi connectivity index (χ1) is 6.47. The van der Waals surface area contributed by atoms with E-state index in [4.69, 9.17) is 5.11 Å². The molecule has 0 aliphatic carbocycles. The summed E-state index contributed by atoms with van der Waals surface area (Å²) in [6.45, 7) is 1.21. The molecule has 1 amide bonds. The summed E-state index contributed by atoms with van der Waals surface area (Å²) in [6.07, 6.45) is 0. The van der Waals surface area contributed by atoms with E-state index in [1.165, 1.54) is 6.92 Å². The molecule has 0 heterocycles. The zero-order chi connectivity index (χ0) is 11.1. The lowest BCUT2D eigenvalue weighted by Gasteiger charge is -2.11. The van der Waals surface area contributed by atoms with Gasteiger partial charge in [0.05, 0.1) is 0 Å². The number of carbonyl (C=O) groups excluding carboxylic acids is 1. The maximum absolute atomic E-state index is 12.6. The van der Waals surface area contributed by atoms with Crippen molar-refractivity contribution in [3.8, 4) is 0 Å². The van der Waals surface area contributed by atoms with Crippen LogP contribution in [0.3, 0.4) is 0 Å². The molecule has 0 bridgehead atoms. The van der Waals surface area contributed by atoms with Gasteiger partial charge >= 0.3 is 5.97 Å². The summed E-state index contributed by atoms with van der Waals surface area (Å²) in [7, 11) is 0. The van der Waals surface area contributed by atoms with E-state index in [1.807, 2.05) is 0 Å². The van der Waals surface area contributed by atoms with E-state index < -0.39 is 23.1 Å². The standard InChI is InChI=1S/C7H9BrFNO3S/c1-4(11)10-5(7(12)13)3-14-6(9)2-8/h2,5H,3H2,1H3,(H,10,11)(H,12,13)/t5-/m0/s1. The summed E-state index contributed by atoms with van der Waals surface area (Å²) >= 11 is 3.47. The fourth-order valence-corrected chi connectivity index (χ4v) is 1.63. The fraction of sp³-hybridized carbons (Fsp3) is 0.429. The second-order valence-corrected chi connectivity index (χ2v) is 3.79. The zero-order valence-electron chi connectivity index (χ0n) is 7.29. The second kappa shape index (κ2) is 6.83. The minimum Gasteiger partial charge on any atom is -0.480 e. The van der Waals surface area contributed by atoms with Crippen LogP contribution < -0.4 is 5.32 Å². The van der Waals surface area contributed by atoms with E-state index in [0.29, 0.717) is 11.8 Å². The molecule has 1 atom stereocenters. The number of carboxylic acid groups (broad SMARTS) is 1. The Morgan fingerprint density at radius 2 is 2.29 bits per heavy atom. The third kappa shape index (κ3) is 5.98. The molecule has 80 valence electrons. The van der Waals surface area contributed by atoms with Gasteiger partial charge in [-0.15, -0.1) is 0 Å². The number of amides is 1. The topological polar surface area (TPSA) is 66.4 Å². The number of hydrogen-bond acceptors (Lipinski definition) is 3. The predicted molar refractivity (Wildman–Crippen MR) is 55.8 cm³/mol. The average Bonchev–Trinajstić information content (AvgIpc) is 2.10. The summed E-state index contributed by atoms with van der Waals surface area (Å²) in [6, 6.07) is -1.07. The highest BCUT2D eigenvalue weighted by Gasteiger charge is 2.18. The maximum atomic E-state index is 12.6. The number of halogens is 2. The highest BCUT2D eigenvalue weighted by Crippen LogP contribution is 2.19. The summed E-state index contributed by atoms with van der Waals surface area (Å²) in [5.74, 6) is -1.70. The number of aliphatic carboxylic acids is 1. The van der Waals surface area contributed by atoms with Gasteiger partial charge in [0.25, 0.3) is 0 Å². The molecule has 0 saturated carbocycles. The number of thioether (sulfide) groups is 1. The minimum atomic E-state index is -1.19. The first kappa shape index (κ1) is 13.4. The zero-order valence-corrected chi connectivity index (χ0v) is 9.69. The van der Waals surface area contributed by atoms with Crippen molar-refractivity contribution in [3.63, 3.8) is 0 Å². The Morgan fingerprint density at radius 1 is 1.71 bits per heavy atom. The van der Waals surface area contributed by atoms with Gasteiger partial charge in [0.15, 0.2) is 5.16 Å². The van der Waals surface area contributed by atoms with Gasteiger partial charge in [-0.1, -0.05) is 27.7 Å². The van der Waals surface area contributed by atoms with E-state index in [2.05, 4.69) is 21.2 Å². The van der Waals surface area contributed by atoms with Gasteiger partial charge in [-0.25, -0.2) is 4.79 Å². The van der Waals surface area contributed by atoms with E-state index in [-0.39, 0.29) is 5.75 Å². The molecular formula is C7H9BrFNO3S. The SMILES string of the molecule is CC(=O)N[C@@H](CSC(F)=CBr)C(=O)O. The van der Waals surface area contributed by atoms with Crippen LogP contribution in [0.5, 0.6) is 0 Å². The van der Waals surface area contributed by atoms with Crippen LogP contribution in [0, 0.1) is 0 Å². The van der Waals surface area contributed by atoms with Gasteiger partial charge < -0.3 is 10.4 Å². The number of nitrogens with one attached hydrogen (secondary N) is 1. The van der Waals surface area contributed by atoms with Gasteiger partial charge in [0, 0.05) is 17.7 Å². The molecule has 0 aromatic rings. The smallest absolute Gasteiger partial charge is 0.327 e. The number of rotatable bonds is 5. The molecule has 0 unspecified atom stereocenters. The first-order valence-electron chi connectivity index (χ1n) is 3.56. The van der Waals surface area contributed by atoms with Crippen LogP contribution in [0.1, 0.15) is 6.92 Å². The van der Waals surface area contributed by atoms with E-state index in [0.717, 1.165) is 4.99 Å². The third-order valence-corrected chi connectivity index (χ3v) is 2.75. The normalized spacial score (nSPS) is 13.5. The van der Waals surface area contributed by atoms with Crippen molar-refractivity contribution >= 4 is 39.6 Å². The Balaban J connectivity index is 4.11. The maximum Gasteiger partial charge on any atom is 0.327 e. The summed E-state index contributed by atoms with van der Waals surface area (Å²) in [5.41, 5.74) is 0. The monoisotopic (exact) mass is 285 g/mol. The average molecular weight is 286 g/mol. The Hall–Kier alpha value is -0.560. The van der Waals surface area contributed by atoms with Gasteiger partial charge in [-0.2, -0.15) is 4.39 Å². The lowest BCUT2D eigenvalue weighted by atomic mass is 10.3. The molecule has 14 heavy (non-hydrogen) atoms. The van der Waals surface area contributed by atoms with Crippen LogP contribution >= 0.6 is 27.7 Å². The van der Waals surface area contributed by atoms with Crippen molar-refractivity contribution in [2.75, 3.05) is 5.75 Å². The van der Waals surface area contributed by atoms with Crippen LogP contribution in [-0.2, 0) is 9.59 Å². The Morgan fingerprint density at radius 3 is 2.64 bits per heavy atom. The van der Waals surface area contributed by atoms with Crippen molar-refractivity contribution in [3.05, 3.63) is 10.1 Å². The van der Waals surface area contributed by atoms with Crippen LogP contribution in [0.15, 0.2) is 10.1 Å². The lowest BCUT2D eigenvalue weighted by molar-refractivity contribution is -0.140. The quantitative estimate of drug-likeness (QED) is 0.803. The van der Waals surface area contributed by atoms with Gasteiger partial charge in [0.2, 0.25) is 5.91 Å². The van der Waals surface area contributed by atoms with Crippen molar-refractivity contribution < 1.29 is 19.1 Å². The summed E-state index contributed by atoms with van der Waals surface area (Å²) in [4.78, 5) is 22.2. The van der Waals surface area contributed by atoms with Crippen molar-refractivity contribution in [1.29, 1.82) is 0 Å². The molecule has 0 aliphatic heterocycles. The summed E-state index contributed by atoms with van der Waals surface area (Å²) < 4.78 is 12.6. The van der Waals surface area contributed by atoms with Crippen molar-refractivity contribution in [2.45, 2.75) is 13.0 Å². The van der Waals surface area contributed by atoms with Crippen molar-refractivity contribution in [2.24, 2.45) is 0 Å². The fourth-order valence-electron chi connectivity index (χ4n) is 0.614. The molecule has 4 nitrogen and oxygen atoms in total. The molecule has 7 heteroatoms. The molecule has 0 radical (unpaired) electrons.